The number of benzene rings is 2. The fraction of sp³-hybridized carbons (Fsp3) is 0.500. The summed E-state index contributed by atoms with van der Waals surface area (Å²) in [5, 5.41) is 9.42. The van der Waals surface area contributed by atoms with Gasteiger partial charge in [-0.2, -0.15) is 0 Å². The molecule has 0 unspecified atom stereocenters. The number of nitrogens with zero attached hydrogens (tertiary/aromatic N) is 1. The molecule has 2 aromatic rings. The van der Waals surface area contributed by atoms with Crippen LogP contribution in [0.4, 0.5) is 4.79 Å². The van der Waals surface area contributed by atoms with E-state index in [1.165, 1.54) is 5.01 Å². The molecule has 0 bridgehead atoms. The van der Waals surface area contributed by atoms with Gasteiger partial charge in [-0.15, -0.1) is 4.83 Å². The highest BCUT2D eigenvalue weighted by Gasteiger charge is 2.28. The van der Waals surface area contributed by atoms with Crippen molar-refractivity contribution < 1.29 is 13.2 Å². The lowest BCUT2D eigenvalue weighted by Gasteiger charge is -2.31. The van der Waals surface area contributed by atoms with E-state index in [0.29, 0.717) is 6.54 Å². The van der Waals surface area contributed by atoms with Crippen molar-refractivity contribution >= 4 is 26.8 Å². The van der Waals surface area contributed by atoms with E-state index in [-0.39, 0.29) is 22.9 Å². The Morgan fingerprint density at radius 3 is 2.43 bits per heavy atom. The Kier molecular flexibility index (Phi) is 6.55. The molecule has 2 fully saturated rings. The van der Waals surface area contributed by atoms with Crippen LogP contribution in [0.15, 0.2) is 47.4 Å². The topological polar surface area (TPSA) is 90.5 Å². The first-order chi connectivity index (χ1) is 14.5. The number of hydrogen-bond acceptors (Lipinski definition) is 4. The molecule has 3 N–H and O–H groups in total. The zero-order chi connectivity index (χ0) is 21.0. The summed E-state index contributed by atoms with van der Waals surface area (Å²) in [7, 11) is -3.88. The third-order valence-corrected chi connectivity index (χ3v) is 7.42. The molecule has 2 aliphatic rings. The number of urea groups is 1. The van der Waals surface area contributed by atoms with Gasteiger partial charge >= 0.3 is 6.03 Å². The molecule has 8 heteroatoms. The van der Waals surface area contributed by atoms with Crippen molar-refractivity contribution in [3.05, 3.63) is 42.5 Å². The predicted octanol–water partition coefficient (Wildman–Crippen LogP) is 2.99. The number of carbonyl (C=O) groups is 1. The summed E-state index contributed by atoms with van der Waals surface area (Å²) in [6, 6.07) is 12.4. The van der Waals surface area contributed by atoms with Gasteiger partial charge in [0.2, 0.25) is 0 Å². The number of rotatable bonds is 6. The lowest BCUT2D eigenvalue weighted by Crippen LogP contribution is -2.54. The van der Waals surface area contributed by atoms with Gasteiger partial charge in [0.15, 0.2) is 0 Å². The van der Waals surface area contributed by atoms with Gasteiger partial charge in [0.05, 0.1) is 4.90 Å². The summed E-state index contributed by atoms with van der Waals surface area (Å²) >= 11 is 0. The molecule has 0 atom stereocenters. The Balaban J connectivity index is 1.53. The predicted molar refractivity (Wildman–Crippen MR) is 117 cm³/mol. The van der Waals surface area contributed by atoms with Crippen LogP contribution in [0, 0.1) is 5.92 Å². The molecule has 162 valence electrons. The van der Waals surface area contributed by atoms with Gasteiger partial charge in [-0.1, -0.05) is 43.2 Å². The number of sulfonamides is 1. The summed E-state index contributed by atoms with van der Waals surface area (Å²) in [4.78, 5) is 15.7. The number of carbonyl (C=O) groups excluding carboxylic acids is 1. The quantitative estimate of drug-likeness (QED) is 0.615. The minimum atomic E-state index is -3.88. The van der Waals surface area contributed by atoms with Crippen LogP contribution < -0.4 is 15.5 Å². The second-order valence-electron chi connectivity index (χ2n) is 8.34. The number of amides is 2. The molecule has 1 saturated heterocycles. The number of nitrogens with one attached hydrogen (secondary N) is 3. The van der Waals surface area contributed by atoms with Crippen LogP contribution in [0.1, 0.15) is 38.5 Å². The number of fused-ring (bicyclic) bond motifs is 1. The second kappa shape index (κ2) is 9.32. The van der Waals surface area contributed by atoms with Gasteiger partial charge in [-0.25, -0.2) is 18.2 Å². The van der Waals surface area contributed by atoms with E-state index in [1.807, 2.05) is 24.3 Å². The average Bonchev–Trinajstić information content (AvgIpc) is 3.26. The van der Waals surface area contributed by atoms with E-state index in [1.54, 1.807) is 18.2 Å². The standard InChI is InChI=1S/C22H30N4O3S/c27-22(24-20-7-3-4-8-20)26(16-17-11-13-23-14-12-17)25-30(28,29)21-10-9-18-5-1-2-6-19(18)15-21/h1-2,5-6,9-10,15,17,20,23,25H,3-4,7-8,11-14,16H2,(H,24,27). The minimum absolute atomic E-state index is 0.123. The molecule has 4 rings (SSSR count). The van der Waals surface area contributed by atoms with Gasteiger partial charge in [0.1, 0.15) is 0 Å². The van der Waals surface area contributed by atoms with Crippen molar-refractivity contribution in [2.45, 2.75) is 49.5 Å². The summed E-state index contributed by atoms with van der Waals surface area (Å²) in [5.41, 5.74) is 0. The van der Waals surface area contributed by atoms with Crippen molar-refractivity contribution in [2.24, 2.45) is 5.92 Å². The molecule has 0 aromatic heterocycles. The smallest absolute Gasteiger partial charge is 0.332 e. The van der Waals surface area contributed by atoms with Gasteiger partial charge < -0.3 is 10.6 Å². The van der Waals surface area contributed by atoms with Crippen molar-refractivity contribution in [3.63, 3.8) is 0 Å². The Labute approximate surface area is 178 Å². The third kappa shape index (κ3) is 5.11. The van der Waals surface area contributed by atoms with Crippen LogP contribution in [0.3, 0.4) is 0 Å². The molecule has 2 aromatic carbocycles. The van der Waals surface area contributed by atoms with Crippen molar-refractivity contribution in [2.75, 3.05) is 19.6 Å². The fourth-order valence-corrected chi connectivity index (χ4v) is 5.42. The number of hydrogen-bond donors (Lipinski definition) is 3. The summed E-state index contributed by atoms with van der Waals surface area (Å²) in [6.07, 6.45) is 5.94. The van der Waals surface area contributed by atoms with E-state index in [0.717, 1.165) is 62.4 Å². The molecule has 2 amide bonds. The minimum Gasteiger partial charge on any atom is -0.334 e. The first-order valence-electron chi connectivity index (χ1n) is 10.8. The number of hydrazine groups is 1. The summed E-state index contributed by atoms with van der Waals surface area (Å²) < 4.78 is 26.2. The Bertz CT molecular complexity index is 983. The highest BCUT2D eigenvalue weighted by atomic mass is 32.2. The van der Waals surface area contributed by atoms with Crippen molar-refractivity contribution in [3.8, 4) is 0 Å². The van der Waals surface area contributed by atoms with Crippen LogP contribution >= 0.6 is 0 Å². The van der Waals surface area contributed by atoms with Crippen LogP contribution in [0.25, 0.3) is 10.8 Å². The highest BCUT2D eigenvalue weighted by molar-refractivity contribution is 7.89. The Hall–Kier alpha value is -2.16. The summed E-state index contributed by atoms with van der Waals surface area (Å²) in [6.45, 7) is 2.15. The lowest BCUT2D eigenvalue weighted by molar-refractivity contribution is 0.165. The zero-order valence-electron chi connectivity index (χ0n) is 17.1. The third-order valence-electron chi connectivity index (χ3n) is 6.09. The van der Waals surface area contributed by atoms with Crippen molar-refractivity contribution in [1.29, 1.82) is 0 Å². The van der Waals surface area contributed by atoms with E-state index >= 15 is 0 Å². The van der Waals surface area contributed by atoms with Crippen LogP contribution in [-0.4, -0.2) is 45.1 Å². The largest absolute Gasteiger partial charge is 0.334 e. The van der Waals surface area contributed by atoms with E-state index in [4.69, 9.17) is 0 Å². The van der Waals surface area contributed by atoms with Crippen LogP contribution in [-0.2, 0) is 10.0 Å². The maximum atomic E-state index is 13.1. The molecular weight excluding hydrogens is 400 g/mol. The molecule has 30 heavy (non-hydrogen) atoms. The molecule has 1 aliphatic heterocycles. The van der Waals surface area contributed by atoms with Crippen molar-refractivity contribution in [1.82, 2.24) is 20.5 Å². The monoisotopic (exact) mass is 430 g/mol. The van der Waals surface area contributed by atoms with E-state index in [2.05, 4.69) is 15.5 Å². The summed E-state index contributed by atoms with van der Waals surface area (Å²) in [5.74, 6) is 0.264. The first kappa shape index (κ1) is 21.1. The second-order valence-corrected chi connectivity index (χ2v) is 10.00. The normalized spacial score (nSPS) is 18.5. The fourth-order valence-electron chi connectivity index (χ4n) is 4.34. The Morgan fingerprint density at radius 2 is 1.70 bits per heavy atom. The molecule has 7 nitrogen and oxygen atoms in total. The molecule has 1 aliphatic carbocycles. The molecule has 0 radical (unpaired) electrons. The van der Waals surface area contributed by atoms with Gasteiger partial charge in [-0.3, -0.25) is 0 Å². The van der Waals surface area contributed by atoms with Gasteiger partial charge in [0.25, 0.3) is 10.0 Å². The first-order valence-corrected chi connectivity index (χ1v) is 12.3. The van der Waals surface area contributed by atoms with Gasteiger partial charge in [-0.05, 0) is 67.6 Å². The average molecular weight is 431 g/mol. The molecule has 1 saturated carbocycles. The zero-order valence-corrected chi connectivity index (χ0v) is 18.0. The molecular formula is C22H30N4O3S. The van der Waals surface area contributed by atoms with Crippen LogP contribution in [0.2, 0.25) is 0 Å². The number of piperidine rings is 1. The maximum absolute atomic E-state index is 13.1. The van der Waals surface area contributed by atoms with E-state index < -0.39 is 10.0 Å². The van der Waals surface area contributed by atoms with Gasteiger partial charge in [0, 0.05) is 12.6 Å². The maximum Gasteiger partial charge on any atom is 0.332 e. The molecule has 0 spiro atoms. The lowest BCUT2D eigenvalue weighted by atomic mass is 9.98. The van der Waals surface area contributed by atoms with E-state index in [9.17, 15) is 13.2 Å². The molecule has 1 heterocycles. The Morgan fingerprint density at radius 1 is 1.00 bits per heavy atom. The van der Waals surface area contributed by atoms with Crippen LogP contribution in [0.5, 0.6) is 0 Å². The SMILES string of the molecule is O=C(NC1CCCC1)N(CC1CCNCC1)NS(=O)(=O)c1ccc2ccccc2c1. The highest BCUT2D eigenvalue weighted by Crippen LogP contribution is 2.21.